The number of carbonyl (C=O) groups is 1. The van der Waals surface area contributed by atoms with Gasteiger partial charge in [-0.2, -0.15) is 4.98 Å². The molecule has 1 aliphatic rings. The summed E-state index contributed by atoms with van der Waals surface area (Å²) in [7, 11) is 3.04. The summed E-state index contributed by atoms with van der Waals surface area (Å²) in [6, 6.07) is 7.33. The maximum absolute atomic E-state index is 12.0. The molecular weight excluding hydrogens is 450 g/mol. The predicted octanol–water partition coefficient (Wildman–Crippen LogP) is 2.84. The van der Waals surface area contributed by atoms with Crippen LogP contribution in [0.2, 0.25) is 0 Å². The second-order valence-electron chi connectivity index (χ2n) is 8.32. The lowest BCUT2D eigenvalue weighted by Crippen LogP contribution is -2.34. The number of anilines is 3. The van der Waals surface area contributed by atoms with Crippen LogP contribution in [0.25, 0.3) is 11.2 Å². The summed E-state index contributed by atoms with van der Waals surface area (Å²) < 4.78 is 14.6. The summed E-state index contributed by atoms with van der Waals surface area (Å²) in [6.07, 6.45) is 7.21. The molecule has 0 amide bonds. The van der Waals surface area contributed by atoms with Crippen molar-refractivity contribution in [1.29, 1.82) is 0 Å². The van der Waals surface area contributed by atoms with Crippen molar-refractivity contribution in [3.05, 3.63) is 48.5 Å². The third-order valence-corrected chi connectivity index (χ3v) is 6.21. The maximum atomic E-state index is 12.0. The van der Waals surface area contributed by atoms with Gasteiger partial charge in [0.1, 0.15) is 17.7 Å². The average Bonchev–Trinajstić information content (AvgIpc) is 3.63. The predicted molar refractivity (Wildman–Crippen MR) is 130 cm³/mol. The highest BCUT2D eigenvalue weighted by molar-refractivity contribution is 5.98. The molecule has 182 valence electrons. The zero-order chi connectivity index (χ0) is 24.5. The molecule has 5 rings (SSSR count). The fraction of sp³-hybridized carbons (Fsp3) is 0.333. The van der Waals surface area contributed by atoms with Crippen molar-refractivity contribution in [3.8, 4) is 17.2 Å². The minimum absolute atomic E-state index is 0.00971. The van der Waals surface area contributed by atoms with E-state index in [0.717, 1.165) is 24.9 Å². The first-order valence-electron chi connectivity index (χ1n) is 11.3. The molecule has 11 nitrogen and oxygen atoms in total. The van der Waals surface area contributed by atoms with Crippen molar-refractivity contribution in [2.45, 2.75) is 25.8 Å². The van der Waals surface area contributed by atoms with Crippen LogP contribution in [0.15, 0.2) is 43.0 Å². The molecule has 1 saturated heterocycles. The Balaban J connectivity index is 1.50. The van der Waals surface area contributed by atoms with Crippen LogP contribution in [0.1, 0.15) is 30.1 Å². The minimum atomic E-state index is -0.114. The number of ketones is 1. The maximum Gasteiger partial charge on any atom is 0.245 e. The number of Topliss-reactive ketones (excluding diaryl/α,β-unsaturated/α-hetero) is 1. The van der Waals surface area contributed by atoms with E-state index in [4.69, 9.17) is 14.5 Å². The normalized spacial score (nSPS) is 15.5. The van der Waals surface area contributed by atoms with E-state index in [9.17, 15) is 9.90 Å². The molecule has 0 saturated carbocycles. The number of benzene rings is 1. The summed E-state index contributed by atoms with van der Waals surface area (Å²) in [4.78, 5) is 23.3. The highest BCUT2D eigenvalue weighted by Crippen LogP contribution is 2.37. The van der Waals surface area contributed by atoms with E-state index in [1.54, 1.807) is 33.7 Å². The van der Waals surface area contributed by atoms with Gasteiger partial charge in [0.25, 0.3) is 0 Å². The van der Waals surface area contributed by atoms with E-state index in [2.05, 4.69) is 15.4 Å². The first-order valence-corrected chi connectivity index (χ1v) is 11.3. The fourth-order valence-electron chi connectivity index (χ4n) is 4.50. The number of hydrogen-bond donors (Lipinski definition) is 2. The lowest BCUT2D eigenvalue weighted by Gasteiger charge is -2.23. The first kappa shape index (κ1) is 22.7. The van der Waals surface area contributed by atoms with Gasteiger partial charge in [-0.05, 0) is 44.0 Å². The Bertz CT molecular complexity index is 1380. The number of rotatable bonds is 8. The van der Waals surface area contributed by atoms with Gasteiger partial charge in [0.2, 0.25) is 5.95 Å². The molecule has 0 radical (unpaired) electrons. The van der Waals surface area contributed by atoms with Gasteiger partial charge in [-0.3, -0.25) is 4.79 Å². The monoisotopic (exact) mass is 477 g/mol. The topological polar surface area (TPSA) is 119 Å². The molecule has 1 fully saturated rings. The Hall–Kier alpha value is -4.12. The third kappa shape index (κ3) is 4.03. The second-order valence-corrected chi connectivity index (χ2v) is 8.32. The van der Waals surface area contributed by atoms with Gasteiger partial charge in [0, 0.05) is 12.7 Å². The van der Waals surface area contributed by atoms with Crippen molar-refractivity contribution >= 4 is 28.9 Å². The number of ether oxygens (including phenoxy) is 2. The molecule has 0 spiro atoms. The van der Waals surface area contributed by atoms with Crippen LogP contribution in [-0.4, -0.2) is 68.5 Å². The molecular formula is C24H27N7O4. The molecule has 4 aromatic rings. The van der Waals surface area contributed by atoms with Crippen LogP contribution in [0.4, 0.5) is 17.6 Å². The fourth-order valence-corrected chi connectivity index (χ4v) is 4.50. The van der Waals surface area contributed by atoms with Gasteiger partial charge in [0.15, 0.2) is 23.1 Å². The summed E-state index contributed by atoms with van der Waals surface area (Å²) >= 11 is 0. The standard InChI is InChI=1S/C24H27N7O4/c1-15(33)17-8-9-18(22(35-3)21(17)34-2)29-12-20(25-14-29)26-23-19-7-5-11-31(19)28-24(27-23)30-10-4-6-16(30)13-32/h5,7-9,11-12,14,16,32H,4,6,10,13H2,1-3H3,(H,26,27,28). The summed E-state index contributed by atoms with van der Waals surface area (Å²) in [6.45, 7) is 2.34. The van der Waals surface area contributed by atoms with Gasteiger partial charge in [0.05, 0.1) is 44.3 Å². The van der Waals surface area contributed by atoms with Gasteiger partial charge in [-0.15, -0.1) is 5.10 Å². The summed E-state index contributed by atoms with van der Waals surface area (Å²) in [5.74, 6) is 2.42. The first-order chi connectivity index (χ1) is 17.0. The SMILES string of the molecule is COc1c(C(C)=O)ccc(-n2cnc(Nc3nc(N4CCCC4CO)nn4cccc34)c2)c1OC. The molecule has 1 aromatic carbocycles. The molecule has 0 aliphatic carbocycles. The lowest BCUT2D eigenvalue weighted by atomic mass is 10.1. The third-order valence-electron chi connectivity index (χ3n) is 6.21. The van der Waals surface area contributed by atoms with Crippen molar-refractivity contribution < 1.29 is 19.4 Å². The molecule has 2 N–H and O–H groups in total. The number of aliphatic hydroxyl groups excluding tert-OH is 1. The number of nitrogens with one attached hydrogen (secondary N) is 1. The number of aliphatic hydroxyl groups is 1. The van der Waals surface area contributed by atoms with Crippen molar-refractivity contribution in [2.24, 2.45) is 0 Å². The largest absolute Gasteiger partial charge is 0.492 e. The van der Waals surface area contributed by atoms with Crippen LogP contribution in [0.3, 0.4) is 0 Å². The number of methoxy groups -OCH3 is 2. The zero-order valence-electron chi connectivity index (χ0n) is 19.8. The molecule has 35 heavy (non-hydrogen) atoms. The number of hydrogen-bond acceptors (Lipinski definition) is 9. The van der Waals surface area contributed by atoms with E-state index in [-0.39, 0.29) is 18.4 Å². The van der Waals surface area contributed by atoms with Crippen molar-refractivity contribution in [3.63, 3.8) is 0 Å². The molecule has 1 unspecified atom stereocenters. The number of imidazole rings is 1. The quantitative estimate of drug-likeness (QED) is 0.369. The minimum Gasteiger partial charge on any atom is -0.492 e. The van der Waals surface area contributed by atoms with Crippen LogP contribution in [0, 0.1) is 0 Å². The van der Waals surface area contributed by atoms with Crippen LogP contribution in [-0.2, 0) is 0 Å². The molecule has 11 heteroatoms. The van der Waals surface area contributed by atoms with E-state index in [1.807, 2.05) is 23.2 Å². The average molecular weight is 478 g/mol. The van der Waals surface area contributed by atoms with E-state index < -0.39 is 0 Å². The Morgan fingerprint density at radius 1 is 1.23 bits per heavy atom. The Labute approximate surface area is 201 Å². The summed E-state index contributed by atoms with van der Waals surface area (Å²) in [5.41, 5.74) is 1.92. The highest BCUT2D eigenvalue weighted by Gasteiger charge is 2.27. The van der Waals surface area contributed by atoms with Gasteiger partial charge in [-0.1, -0.05) is 0 Å². The molecule has 4 heterocycles. The van der Waals surface area contributed by atoms with E-state index >= 15 is 0 Å². The molecule has 1 aliphatic heterocycles. The lowest BCUT2D eigenvalue weighted by molar-refractivity contribution is 0.101. The molecule has 0 bridgehead atoms. The van der Waals surface area contributed by atoms with Crippen LogP contribution < -0.4 is 19.7 Å². The van der Waals surface area contributed by atoms with Gasteiger partial charge in [-0.25, -0.2) is 9.50 Å². The Morgan fingerprint density at radius 3 is 2.80 bits per heavy atom. The van der Waals surface area contributed by atoms with E-state index in [1.165, 1.54) is 21.1 Å². The molecule has 3 aromatic heterocycles. The Kier molecular flexibility index (Phi) is 6.00. The van der Waals surface area contributed by atoms with Crippen LogP contribution in [0.5, 0.6) is 11.5 Å². The van der Waals surface area contributed by atoms with Crippen LogP contribution >= 0.6 is 0 Å². The molecule has 1 atom stereocenters. The van der Waals surface area contributed by atoms with Crippen molar-refractivity contribution in [1.82, 2.24) is 24.1 Å². The smallest absolute Gasteiger partial charge is 0.245 e. The number of nitrogens with zero attached hydrogens (tertiary/aromatic N) is 6. The van der Waals surface area contributed by atoms with E-state index in [0.29, 0.717) is 40.3 Å². The van der Waals surface area contributed by atoms with Gasteiger partial charge >= 0.3 is 0 Å². The van der Waals surface area contributed by atoms with Crippen molar-refractivity contribution in [2.75, 3.05) is 37.6 Å². The zero-order valence-corrected chi connectivity index (χ0v) is 19.8. The number of carbonyl (C=O) groups excluding carboxylic acids is 1. The number of fused-ring (bicyclic) bond motifs is 1. The second kappa shape index (κ2) is 9.26. The summed E-state index contributed by atoms with van der Waals surface area (Å²) in [5, 5.41) is 17.7. The van der Waals surface area contributed by atoms with Gasteiger partial charge < -0.3 is 29.4 Å². The highest BCUT2D eigenvalue weighted by atomic mass is 16.5. The number of aromatic nitrogens is 5. The Morgan fingerprint density at radius 2 is 2.06 bits per heavy atom.